The Bertz CT molecular complexity index is 427. The Labute approximate surface area is 87.2 Å². The largest absolute Gasteiger partial charge is 0.459 e. The molecule has 4 heteroatoms. The van der Waals surface area contributed by atoms with Gasteiger partial charge < -0.3 is 14.5 Å². The summed E-state index contributed by atoms with van der Waals surface area (Å²) in [4.78, 5) is 4.06. The van der Waals surface area contributed by atoms with Gasteiger partial charge in [-0.15, -0.1) is 0 Å². The summed E-state index contributed by atoms with van der Waals surface area (Å²) in [5.74, 6) is 0.928. The van der Waals surface area contributed by atoms with Gasteiger partial charge in [0.15, 0.2) is 0 Å². The van der Waals surface area contributed by atoms with E-state index in [2.05, 4.69) is 10.3 Å². The van der Waals surface area contributed by atoms with Crippen LogP contribution >= 0.6 is 0 Å². The zero-order valence-electron chi connectivity index (χ0n) is 8.27. The fourth-order valence-electron chi connectivity index (χ4n) is 1.82. The van der Waals surface area contributed by atoms with Crippen LogP contribution in [0, 0.1) is 0 Å². The van der Waals surface area contributed by atoms with Gasteiger partial charge in [-0.25, -0.2) is 0 Å². The number of aromatic nitrogens is 1. The van der Waals surface area contributed by atoms with E-state index < -0.39 is 0 Å². The molecule has 0 amide bonds. The van der Waals surface area contributed by atoms with Crippen molar-refractivity contribution in [1.82, 2.24) is 10.3 Å². The van der Waals surface area contributed by atoms with E-state index in [1.54, 1.807) is 6.20 Å². The smallest absolute Gasteiger partial charge is 0.137 e. The average molecular weight is 204 g/mol. The monoisotopic (exact) mass is 204 g/mol. The van der Waals surface area contributed by atoms with Crippen LogP contribution in [0.2, 0.25) is 0 Å². The molecule has 1 N–H and O–H groups in total. The molecule has 0 bridgehead atoms. The minimum Gasteiger partial charge on any atom is -0.459 e. The Morgan fingerprint density at radius 2 is 2.47 bits per heavy atom. The molecule has 0 aliphatic carbocycles. The van der Waals surface area contributed by atoms with Crippen LogP contribution in [0.5, 0.6) is 0 Å². The van der Waals surface area contributed by atoms with Crippen molar-refractivity contribution in [3.63, 3.8) is 0 Å². The maximum atomic E-state index is 5.72. The lowest BCUT2D eigenvalue weighted by molar-refractivity contribution is 0.0705. The van der Waals surface area contributed by atoms with Crippen LogP contribution in [0.1, 0.15) is 11.8 Å². The molecule has 1 aliphatic rings. The van der Waals surface area contributed by atoms with Crippen molar-refractivity contribution in [3.8, 4) is 0 Å². The van der Waals surface area contributed by atoms with Crippen molar-refractivity contribution >= 4 is 11.0 Å². The third kappa shape index (κ3) is 1.62. The van der Waals surface area contributed by atoms with Crippen molar-refractivity contribution in [2.75, 3.05) is 19.8 Å². The van der Waals surface area contributed by atoms with Crippen molar-refractivity contribution in [3.05, 3.63) is 30.3 Å². The van der Waals surface area contributed by atoms with E-state index in [1.807, 2.05) is 18.3 Å². The second-order valence-corrected chi connectivity index (χ2v) is 3.64. The zero-order valence-corrected chi connectivity index (χ0v) is 8.27. The Morgan fingerprint density at radius 3 is 3.27 bits per heavy atom. The SMILES string of the molecule is c1cc2oc(C3COCCN3)cc2cn1. The van der Waals surface area contributed by atoms with E-state index >= 15 is 0 Å². The number of nitrogens with zero attached hydrogens (tertiary/aromatic N) is 1. The second-order valence-electron chi connectivity index (χ2n) is 3.64. The fourth-order valence-corrected chi connectivity index (χ4v) is 1.82. The Morgan fingerprint density at radius 1 is 1.47 bits per heavy atom. The van der Waals surface area contributed by atoms with Gasteiger partial charge in [-0.3, -0.25) is 4.98 Å². The molecule has 15 heavy (non-hydrogen) atoms. The molecule has 1 atom stereocenters. The minimum absolute atomic E-state index is 0.172. The van der Waals surface area contributed by atoms with Crippen molar-refractivity contribution in [2.45, 2.75) is 6.04 Å². The number of fused-ring (bicyclic) bond motifs is 1. The van der Waals surface area contributed by atoms with Crippen LogP contribution < -0.4 is 5.32 Å². The van der Waals surface area contributed by atoms with E-state index in [1.165, 1.54) is 0 Å². The number of hydrogen-bond acceptors (Lipinski definition) is 4. The van der Waals surface area contributed by atoms with E-state index in [0.29, 0.717) is 6.61 Å². The lowest BCUT2D eigenvalue weighted by Crippen LogP contribution is -2.34. The maximum absolute atomic E-state index is 5.72. The summed E-state index contributed by atoms with van der Waals surface area (Å²) in [7, 11) is 0. The van der Waals surface area contributed by atoms with Crippen LogP contribution in [0.4, 0.5) is 0 Å². The summed E-state index contributed by atoms with van der Waals surface area (Å²) in [5, 5.41) is 4.40. The van der Waals surface area contributed by atoms with Gasteiger partial charge in [0.05, 0.1) is 19.3 Å². The third-order valence-electron chi connectivity index (χ3n) is 2.60. The van der Waals surface area contributed by atoms with E-state index in [-0.39, 0.29) is 6.04 Å². The molecule has 0 radical (unpaired) electrons. The third-order valence-corrected chi connectivity index (χ3v) is 2.60. The number of nitrogens with one attached hydrogen (secondary N) is 1. The number of pyridine rings is 1. The van der Waals surface area contributed by atoms with Crippen LogP contribution in [-0.2, 0) is 4.74 Å². The quantitative estimate of drug-likeness (QED) is 0.764. The van der Waals surface area contributed by atoms with E-state index in [0.717, 1.165) is 29.9 Å². The summed E-state index contributed by atoms with van der Waals surface area (Å²) in [6.07, 6.45) is 3.55. The van der Waals surface area contributed by atoms with Gasteiger partial charge in [-0.2, -0.15) is 0 Å². The fraction of sp³-hybridized carbons (Fsp3) is 0.364. The topological polar surface area (TPSA) is 47.3 Å². The van der Waals surface area contributed by atoms with Gasteiger partial charge in [0.1, 0.15) is 11.3 Å². The molecule has 2 aromatic rings. The van der Waals surface area contributed by atoms with Gasteiger partial charge in [-0.05, 0) is 12.1 Å². The predicted molar refractivity (Wildman–Crippen MR) is 55.6 cm³/mol. The van der Waals surface area contributed by atoms with Crippen LogP contribution in [0.25, 0.3) is 11.0 Å². The van der Waals surface area contributed by atoms with Crippen molar-refractivity contribution < 1.29 is 9.15 Å². The lowest BCUT2D eigenvalue weighted by Gasteiger charge is -2.21. The summed E-state index contributed by atoms with van der Waals surface area (Å²) < 4.78 is 11.1. The number of morpholine rings is 1. The van der Waals surface area contributed by atoms with Crippen LogP contribution in [-0.4, -0.2) is 24.7 Å². The highest BCUT2D eigenvalue weighted by Gasteiger charge is 2.18. The predicted octanol–water partition coefficient (Wildman–Crippen LogP) is 1.49. The summed E-state index contributed by atoms with van der Waals surface area (Å²) >= 11 is 0. The molecule has 1 unspecified atom stereocenters. The molecule has 0 spiro atoms. The second kappa shape index (κ2) is 3.64. The number of ether oxygens (including phenoxy) is 1. The van der Waals surface area contributed by atoms with Gasteiger partial charge in [-0.1, -0.05) is 0 Å². The number of furan rings is 1. The molecule has 2 aromatic heterocycles. The van der Waals surface area contributed by atoms with E-state index in [4.69, 9.17) is 9.15 Å². The van der Waals surface area contributed by atoms with Crippen molar-refractivity contribution in [1.29, 1.82) is 0 Å². The molecule has 1 fully saturated rings. The van der Waals surface area contributed by atoms with Gasteiger partial charge in [0.25, 0.3) is 0 Å². The molecule has 3 heterocycles. The maximum Gasteiger partial charge on any atom is 0.137 e. The molecule has 78 valence electrons. The minimum atomic E-state index is 0.172. The molecule has 0 aromatic carbocycles. The van der Waals surface area contributed by atoms with E-state index in [9.17, 15) is 0 Å². The standard InChI is InChI=1S/C11H12N2O2/c1-2-12-6-8-5-11(15-10(1)8)9-7-14-4-3-13-9/h1-2,5-6,9,13H,3-4,7H2. The number of hydrogen-bond donors (Lipinski definition) is 1. The first-order valence-electron chi connectivity index (χ1n) is 5.08. The number of rotatable bonds is 1. The molecule has 3 rings (SSSR count). The van der Waals surface area contributed by atoms with Gasteiger partial charge in [0.2, 0.25) is 0 Å². The zero-order chi connectivity index (χ0) is 10.1. The van der Waals surface area contributed by atoms with Crippen LogP contribution in [0.3, 0.4) is 0 Å². The van der Waals surface area contributed by atoms with Crippen LogP contribution in [0.15, 0.2) is 28.9 Å². The molecular formula is C11H12N2O2. The highest BCUT2D eigenvalue weighted by Crippen LogP contribution is 2.24. The Hall–Kier alpha value is -1.39. The molecule has 4 nitrogen and oxygen atoms in total. The Kier molecular flexibility index (Phi) is 2.16. The first-order valence-corrected chi connectivity index (χ1v) is 5.08. The van der Waals surface area contributed by atoms with Gasteiger partial charge in [0, 0.05) is 24.3 Å². The Balaban J connectivity index is 1.96. The van der Waals surface area contributed by atoms with Crippen molar-refractivity contribution in [2.24, 2.45) is 0 Å². The molecule has 1 saturated heterocycles. The molecule has 1 aliphatic heterocycles. The molecular weight excluding hydrogens is 192 g/mol. The highest BCUT2D eigenvalue weighted by molar-refractivity contribution is 5.76. The van der Waals surface area contributed by atoms with Gasteiger partial charge >= 0.3 is 0 Å². The average Bonchev–Trinajstić information content (AvgIpc) is 2.74. The molecule has 0 saturated carbocycles. The highest BCUT2D eigenvalue weighted by atomic mass is 16.5. The summed E-state index contributed by atoms with van der Waals surface area (Å²) in [6.45, 7) is 2.32. The lowest BCUT2D eigenvalue weighted by atomic mass is 10.2. The summed E-state index contributed by atoms with van der Waals surface area (Å²) in [6, 6.07) is 4.07. The first kappa shape index (κ1) is 8.88. The summed E-state index contributed by atoms with van der Waals surface area (Å²) in [5.41, 5.74) is 0.882. The first-order chi connectivity index (χ1) is 7.43. The normalized spacial score (nSPS) is 22.0.